The predicted octanol–water partition coefficient (Wildman–Crippen LogP) is 0.562. The first-order chi connectivity index (χ1) is 10.1. The van der Waals surface area contributed by atoms with Crippen LogP contribution in [0.5, 0.6) is 5.75 Å². The van der Waals surface area contributed by atoms with Gasteiger partial charge in [-0.1, -0.05) is 0 Å². The van der Waals surface area contributed by atoms with Gasteiger partial charge in [0.25, 0.3) is 11.8 Å². The van der Waals surface area contributed by atoms with Gasteiger partial charge in [-0.05, 0) is 18.2 Å². The first-order valence-electron chi connectivity index (χ1n) is 6.71. The van der Waals surface area contributed by atoms with Crippen LogP contribution in [0, 0.1) is 0 Å². The van der Waals surface area contributed by atoms with Gasteiger partial charge >= 0.3 is 0 Å². The van der Waals surface area contributed by atoms with Crippen molar-refractivity contribution in [1.82, 2.24) is 4.90 Å². The van der Waals surface area contributed by atoms with Crippen LogP contribution in [0.3, 0.4) is 0 Å². The van der Waals surface area contributed by atoms with Gasteiger partial charge in [0.1, 0.15) is 11.9 Å². The molecule has 2 aliphatic heterocycles. The van der Waals surface area contributed by atoms with Crippen LogP contribution >= 0.6 is 0 Å². The fourth-order valence-electron chi connectivity index (χ4n) is 2.65. The van der Waals surface area contributed by atoms with Crippen molar-refractivity contribution in [3.05, 3.63) is 23.8 Å². The average molecular weight is 294 g/mol. The van der Waals surface area contributed by atoms with Gasteiger partial charge in [-0.2, -0.15) is 0 Å². The number of alkyl halides is 1. The summed E-state index contributed by atoms with van der Waals surface area (Å²) in [7, 11) is 0. The molecular weight excluding hydrogens is 279 g/mol. The van der Waals surface area contributed by atoms with E-state index in [-0.39, 0.29) is 38.0 Å². The van der Waals surface area contributed by atoms with E-state index in [0.717, 1.165) is 0 Å². The maximum absolute atomic E-state index is 13.4. The monoisotopic (exact) mass is 294 g/mol. The SMILES string of the molecule is O=C1COc2cc(C(=O)N3C[C@@H](F)C[C@H]3CO)ccc2N1. The fourth-order valence-corrected chi connectivity index (χ4v) is 2.65. The standard InChI is InChI=1S/C14H15FN2O4/c15-9-4-10(6-18)17(5-9)14(20)8-1-2-11-12(3-8)21-7-13(19)16-11/h1-3,9-10,18H,4-7H2,(H,16,19)/t9-,10-/m0/s1. The molecule has 0 saturated carbocycles. The van der Waals surface area contributed by atoms with E-state index in [9.17, 15) is 19.1 Å². The number of halogens is 1. The zero-order valence-corrected chi connectivity index (χ0v) is 11.2. The fraction of sp³-hybridized carbons (Fsp3) is 0.429. The number of carbonyl (C=O) groups excluding carboxylic acids is 2. The average Bonchev–Trinajstić information content (AvgIpc) is 2.87. The van der Waals surface area contributed by atoms with Crippen molar-refractivity contribution in [3.63, 3.8) is 0 Å². The van der Waals surface area contributed by atoms with Crippen LogP contribution in [-0.2, 0) is 4.79 Å². The third-order valence-corrected chi connectivity index (χ3v) is 3.70. The molecule has 2 N–H and O–H groups in total. The normalized spacial score (nSPS) is 24.3. The number of carbonyl (C=O) groups is 2. The molecule has 2 amide bonds. The van der Waals surface area contributed by atoms with E-state index in [1.54, 1.807) is 12.1 Å². The molecule has 6 nitrogen and oxygen atoms in total. The van der Waals surface area contributed by atoms with Crippen molar-refractivity contribution >= 4 is 17.5 Å². The Labute approximate surface area is 120 Å². The van der Waals surface area contributed by atoms with Crippen LogP contribution in [-0.4, -0.2) is 53.8 Å². The third kappa shape index (κ3) is 2.56. The zero-order valence-electron chi connectivity index (χ0n) is 11.2. The maximum Gasteiger partial charge on any atom is 0.262 e. The van der Waals surface area contributed by atoms with E-state index in [1.807, 2.05) is 0 Å². The number of amides is 2. The van der Waals surface area contributed by atoms with Crippen molar-refractivity contribution < 1.29 is 23.8 Å². The van der Waals surface area contributed by atoms with E-state index >= 15 is 0 Å². The number of aliphatic hydroxyl groups is 1. The van der Waals surface area contributed by atoms with Gasteiger partial charge in [0.05, 0.1) is 24.9 Å². The number of fused-ring (bicyclic) bond motifs is 1. The molecule has 0 bridgehead atoms. The quantitative estimate of drug-likeness (QED) is 0.835. The van der Waals surface area contributed by atoms with Crippen LogP contribution < -0.4 is 10.1 Å². The van der Waals surface area contributed by atoms with E-state index in [2.05, 4.69) is 5.32 Å². The highest BCUT2D eigenvalue weighted by atomic mass is 19.1. The summed E-state index contributed by atoms with van der Waals surface area (Å²) in [5.41, 5.74) is 0.851. The molecule has 1 aromatic carbocycles. The van der Waals surface area contributed by atoms with Gasteiger partial charge in [0.2, 0.25) is 0 Å². The summed E-state index contributed by atoms with van der Waals surface area (Å²) in [6.45, 7) is -0.372. The Kier molecular flexibility index (Phi) is 3.50. The van der Waals surface area contributed by atoms with Crippen molar-refractivity contribution in [3.8, 4) is 5.75 Å². The minimum Gasteiger partial charge on any atom is -0.482 e. The molecule has 1 aromatic rings. The number of hydrogen-bond acceptors (Lipinski definition) is 4. The summed E-state index contributed by atoms with van der Waals surface area (Å²) >= 11 is 0. The molecule has 1 fully saturated rings. The smallest absolute Gasteiger partial charge is 0.262 e. The summed E-state index contributed by atoms with van der Waals surface area (Å²) in [4.78, 5) is 24.9. The van der Waals surface area contributed by atoms with Crippen molar-refractivity contribution in [1.29, 1.82) is 0 Å². The molecule has 112 valence electrons. The topological polar surface area (TPSA) is 78.9 Å². The molecule has 2 atom stereocenters. The lowest BCUT2D eigenvalue weighted by Crippen LogP contribution is -2.38. The number of ether oxygens (including phenoxy) is 1. The Bertz CT molecular complexity index is 592. The molecule has 0 spiro atoms. The number of anilines is 1. The summed E-state index contributed by atoms with van der Waals surface area (Å²) in [6.07, 6.45) is -0.959. The summed E-state index contributed by atoms with van der Waals surface area (Å²) in [6, 6.07) is 4.16. The van der Waals surface area contributed by atoms with Crippen LogP contribution in [0.2, 0.25) is 0 Å². The van der Waals surface area contributed by atoms with Gasteiger partial charge in [0, 0.05) is 12.0 Å². The molecule has 0 radical (unpaired) electrons. The van der Waals surface area contributed by atoms with E-state index in [0.29, 0.717) is 17.0 Å². The number of benzene rings is 1. The van der Waals surface area contributed by atoms with Crippen molar-refractivity contribution in [2.45, 2.75) is 18.6 Å². The lowest BCUT2D eigenvalue weighted by atomic mass is 10.1. The maximum atomic E-state index is 13.4. The Morgan fingerprint density at radius 2 is 2.33 bits per heavy atom. The predicted molar refractivity (Wildman–Crippen MR) is 72.0 cm³/mol. The highest BCUT2D eigenvalue weighted by Gasteiger charge is 2.35. The molecule has 3 rings (SSSR count). The number of nitrogens with zero attached hydrogens (tertiary/aromatic N) is 1. The van der Waals surface area contributed by atoms with Gasteiger partial charge in [-0.25, -0.2) is 4.39 Å². The van der Waals surface area contributed by atoms with Gasteiger partial charge in [0.15, 0.2) is 6.61 Å². The Hall–Kier alpha value is -2.15. The third-order valence-electron chi connectivity index (χ3n) is 3.70. The van der Waals surface area contributed by atoms with Crippen LogP contribution in [0.25, 0.3) is 0 Å². The molecule has 2 heterocycles. The largest absolute Gasteiger partial charge is 0.482 e. The molecular formula is C14H15FN2O4. The first-order valence-corrected chi connectivity index (χ1v) is 6.71. The highest BCUT2D eigenvalue weighted by molar-refractivity contribution is 5.99. The number of nitrogens with one attached hydrogen (secondary N) is 1. The Morgan fingerprint density at radius 1 is 1.52 bits per heavy atom. The molecule has 0 aliphatic carbocycles. The van der Waals surface area contributed by atoms with Gasteiger partial charge in [-0.3, -0.25) is 9.59 Å². The van der Waals surface area contributed by atoms with Crippen LogP contribution in [0.4, 0.5) is 10.1 Å². The van der Waals surface area contributed by atoms with Crippen molar-refractivity contribution in [2.24, 2.45) is 0 Å². The zero-order chi connectivity index (χ0) is 15.0. The van der Waals surface area contributed by atoms with E-state index in [1.165, 1.54) is 11.0 Å². The lowest BCUT2D eigenvalue weighted by Gasteiger charge is -2.24. The minimum atomic E-state index is -1.11. The molecule has 21 heavy (non-hydrogen) atoms. The Balaban J connectivity index is 1.84. The van der Waals surface area contributed by atoms with Crippen molar-refractivity contribution in [2.75, 3.05) is 25.1 Å². The second-order valence-electron chi connectivity index (χ2n) is 5.17. The van der Waals surface area contributed by atoms with E-state index < -0.39 is 12.2 Å². The molecule has 1 saturated heterocycles. The number of rotatable bonds is 2. The van der Waals surface area contributed by atoms with Gasteiger partial charge in [-0.15, -0.1) is 0 Å². The lowest BCUT2D eigenvalue weighted by molar-refractivity contribution is -0.118. The second-order valence-corrected chi connectivity index (χ2v) is 5.17. The van der Waals surface area contributed by atoms with Gasteiger partial charge < -0.3 is 20.1 Å². The second kappa shape index (κ2) is 5.33. The first kappa shape index (κ1) is 13.8. The molecule has 2 aliphatic rings. The number of hydrogen-bond donors (Lipinski definition) is 2. The number of likely N-dealkylation sites (tertiary alicyclic amines) is 1. The minimum absolute atomic E-state index is 0.0151. The molecule has 7 heteroatoms. The van der Waals surface area contributed by atoms with Crippen LogP contribution in [0.15, 0.2) is 18.2 Å². The number of aliphatic hydroxyl groups excluding tert-OH is 1. The molecule has 0 unspecified atom stereocenters. The van der Waals surface area contributed by atoms with E-state index in [4.69, 9.17) is 4.74 Å². The van der Waals surface area contributed by atoms with Crippen LogP contribution in [0.1, 0.15) is 16.8 Å². The summed E-state index contributed by atoms with van der Waals surface area (Å²) < 4.78 is 18.7. The Morgan fingerprint density at radius 3 is 3.10 bits per heavy atom. The summed E-state index contributed by atoms with van der Waals surface area (Å²) in [5, 5.41) is 11.9. The summed E-state index contributed by atoms with van der Waals surface area (Å²) in [5.74, 6) is -0.184. The highest BCUT2D eigenvalue weighted by Crippen LogP contribution is 2.30. The molecule has 0 aromatic heterocycles.